The predicted molar refractivity (Wildman–Crippen MR) is 58.5 cm³/mol. The van der Waals surface area contributed by atoms with Gasteiger partial charge in [0.15, 0.2) is 5.78 Å². The summed E-state index contributed by atoms with van der Waals surface area (Å²) in [5.41, 5.74) is 0.957. The van der Waals surface area contributed by atoms with Crippen LogP contribution in [-0.4, -0.2) is 11.1 Å². The monoisotopic (exact) mass is 258 g/mol. The highest BCUT2D eigenvalue weighted by molar-refractivity contribution is 9.09. The SMILES string of the molecule is Cc1c(F)cccc1C(=O)CCCBr. The summed E-state index contributed by atoms with van der Waals surface area (Å²) in [5.74, 6) is -0.295. The van der Waals surface area contributed by atoms with Gasteiger partial charge in [0, 0.05) is 17.3 Å². The van der Waals surface area contributed by atoms with Crippen molar-refractivity contribution in [2.45, 2.75) is 19.8 Å². The van der Waals surface area contributed by atoms with Crippen LogP contribution in [0.2, 0.25) is 0 Å². The van der Waals surface area contributed by atoms with E-state index in [9.17, 15) is 9.18 Å². The van der Waals surface area contributed by atoms with Crippen molar-refractivity contribution in [1.82, 2.24) is 0 Å². The van der Waals surface area contributed by atoms with Crippen LogP contribution in [-0.2, 0) is 0 Å². The van der Waals surface area contributed by atoms with Gasteiger partial charge in [-0.05, 0) is 25.0 Å². The van der Waals surface area contributed by atoms with Crippen LogP contribution in [0.4, 0.5) is 4.39 Å². The molecular formula is C11H12BrFO. The lowest BCUT2D eigenvalue weighted by Crippen LogP contribution is -2.03. The van der Waals surface area contributed by atoms with Crippen LogP contribution < -0.4 is 0 Å². The molecule has 0 heterocycles. The first-order valence-electron chi connectivity index (χ1n) is 4.51. The van der Waals surface area contributed by atoms with Crippen molar-refractivity contribution in [3.63, 3.8) is 0 Å². The average molecular weight is 259 g/mol. The Morgan fingerprint density at radius 2 is 2.21 bits per heavy atom. The Kier molecular flexibility index (Phi) is 4.26. The van der Waals surface area contributed by atoms with Gasteiger partial charge in [-0.25, -0.2) is 4.39 Å². The van der Waals surface area contributed by atoms with E-state index in [1.807, 2.05) is 0 Å². The van der Waals surface area contributed by atoms with Crippen LogP contribution >= 0.6 is 15.9 Å². The first-order valence-corrected chi connectivity index (χ1v) is 5.63. The normalized spacial score (nSPS) is 10.2. The number of carbonyl (C=O) groups excluding carboxylic acids is 1. The third-order valence-electron chi connectivity index (χ3n) is 2.11. The summed E-state index contributed by atoms with van der Waals surface area (Å²) < 4.78 is 13.1. The van der Waals surface area contributed by atoms with E-state index in [4.69, 9.17) is 0 Å². The molecule has 0 atom stereocenters. The largest absolute Gasteiger partial charge is 0.294 e. The van der Waals surface area contributed by atoms with Crippen LogP contribution in [0.5, 0.6) is 0 Å². The highest BCUT2D eigenvalue weighted by Gasteiger charge is 2.10. The summed E-state index contributed by atoms with van der Waals surface area (Å²) >= 11 is 3.26. The molecule has 14 heavy (non-hydrogen) atoms. The molecule has 1 aromatic rings. The van der Waals surface area contributed by atoms with E-state index in [0.29, 0.717) is 17.5 Å². The van der Waals surface area contributed by atoms with Crippen molar-refractivity contribution in [1.29, 1.82) is 0 Å². The molecule has 0 fully saturated rings. The first-order chi connectivity index (χ1) is 6.66. The molecule has 0 aliphatic heterocycles. The fourth-order valence-electron chi connectivity index (χ4n) is 1.27. The Labute approximate surface area is 91.5 Å². The minimum Gasteiger partial charge on any atom is -0.294 e. The third kappa shape index (κ3) is 2.64. The van der Waals surface area contributed by atoms with Gasteiger partial charge in [0.2, 0.25) is 0 Å². The molecule has 0 N–H and O–H groups in total. The molecule has 0 aromatic heterocycles. The zero-order valence-corrected chi connectivity index (χ0v) is 9.60. The van der Waals surface area contributed by atoms with Gasteiger partial charge in [0.05, 0.1) is 0 Å². The quantitative estimate of drug-likeness (QED) is 0.597. The van der Waals surface area contributed by atoms with Gasteiger partial charge in [-0.1, -0.05) is 28.1 Å². The second-order valence-corrected chi connectivity index (χ2v) is 3.92. The van der Waals surface area contributed by atoms with Crippen molar-refractivity contribution >= 4 is 21.7 Å². The highest BCUT2D eigenvalue weighted by Crippen LogP contribution is 2.14. The highest BCUT2D eigenvalue weighted by atomic mass is 79.9. The van der Waals surface area contributed by atoms with Crippen molar-refractivity contribution in [3.05, 3.63) is 35.1 Å². The maximum atomic E-state index is 13.1. The average Bonchev–Trinajstić information content (AvgIpc) is 2.18. The smallest absolute Gasteiger partial charge is 0.163 e. The van der Waals surface area contributed by atoms with Crippen molar-refractivity contribution in [2.75, 3.05) is 5.33 Å². The molecule has 1 aromatic carbocycles. The Bertz CT molecular complexity index is 336. The van der Waals surface area contributed by atoms with Crippen molar-refractivity contribution < 1.29 is 9.18 Å². The molecule has 0 spiro atoms. The van der Waals surface area contributed by atoms with E-state index in [1.54, 1.807) is 19.1 Å². The maximum Gasteiger partial charge on any atom is 0.163 e. The number of hydrogen-bond donors (Lipinski definition) is 0. The van der Waals surface area contributed by atoms with Crippen molar-refractivity contribution in [3.8, 4) is 0 Å². The van der Waals surface area contributed by atoms with Crippen LogP contribution in [0.3, 0.4) is 0 Å². The lowest BCUT2D eigenvalue weighted by molar-refractivity contribution is 0.0981. The number of ketones is 1. The predicted octanol–water partition coefficient (Wildman–Crippen LogP) is 3.49. The number of Topliss-reactive ketones (excluding diaryl/α,β-unsaturated/α-hetero) is 1. The summed E-state index contributed by atoms with van der Waals surface area (Å²) in [4.78, 5) is 11.6. The van der Waals surface area contributed by atoms with Crippen molar-refractivity contribution in [2.24, 2.45) is 0 Å². The van der Waals surface area contributed by atoms with E-state index in [2.05, 4.69) is 15.9 Å². The summed E-state index contributed by atoms with van der Waals surface area (Å²) in [6.07, 6.45) is 1.25. The van der Waals surface area contributed by atoms with Crippen LogP contribution in [0.1, 0.15) is 28.8 Å². The fourth-order valence-corrected chi connectivity index (χ4v) is 1.55. The van der Waals surface area contributed by atoms with Crippen LogP contribution in [0, 0.1) is 12.7 Å². The Morgan fingerprint density at radius 1 is 1.50 bits per heavy atom. The van der Waals surface area contributed by atoms with Gasteiger partial charge < -0.3 is 0 Å². The molecule has 1 nitrogen and oxygen atoms in total. The summed E-state index contributed by atoms with van der Waals surface area (Å²) in [7, 11) is 0. The van der Waals surface area contributed by atoms with Gasteiger partial charge in [-0.3, -0.25) is 4.79 Å². The lowest BCUT2D eigenvalue weighted by atomic mass is 10.0. The molecule has 0 radical (unpaired) electrons. The molecule has 0 saturated carbocycles. The second-order valence-electron chi connectivity index (χ2n) is 3.13. The van der Waals surface area contributed by atoms with Gasteiger partial charge in [-0.15, -0.1) is 0 Å². The Morgan fingerprint density at radius 3 is 2.86 bits per heavy atom. The number of carbonyl (C=O) groups is 1. The van der Waals surface area contributed by atoms with Crippen LogP contribution in [0.15, 0.2) is 18.2 Å². The molecule has 0 saturated heterocycles. The maximum absolute atomic E-state index is 13.1. The number of halogens is 2. The number of hydrogen-bond acceptors (Lipinski definition) is 1. The zero-order valence-electron chi connectivity index (χ0n) is 8.02. The molecule has 0 aliphatic rings. The number of alkyl halides is 1. The lowest BCUT2D eigenvalue weighted by Gasteiger charge is -2.04. The fraction of sp³-hybridized carbons (Fsp3) is 0.364. The molecule has 3 heteroatoms. The van der Waals surface area contributed by atoms with Crippen LogP contribution in [0.25, 0.3) is 0 Å². The van der Waals surface area contributed by atoms with Gasteiger partial charge in [0.1, 0.15) is 5.82 Å². The molecule has 0 amide bonds. The summed E-state index contributed by atoms with van der Waals surface area (Å²) in [5, 5.41) is 0.799. The van der Waals surface area contributed by atoms with E-state index < -0.39 is 0 Å². The van der Waals surface area contributed by atoms with E-state index in [-0.39, 0.29) is 11.6 Å². The van der Waals surface area contributed by atoms with Gasteiger partial charge in [0.25, 0.3) is 0 Å². The minimum atomic E-state index is -0.310. The molecular weight excluding hydrogens is 247 g/mol. The summed E-state index contributed by atoms with van der Waals surface area (Å²) in [6.45, 7) is 1.64. The van der Waals surface area contributed by atoms with Gasteiger partial charge >= 0.3 is 0 Å². The van der Waals surface area contributed by atoms with Gasteiger partial charge in [-0.2, -0.15) is 0 Å². The minimum absolute atomic E-state index is 0.0152. The van der Waals surface area contributed by atoms with E-state index in [1.165, 1.54) is 6.07 Å². The third-order valence-corrected chi connectivity index (χ3v) is 2.67. The Hall–Kier alpha value is -0.700. The van der Waals surface area contributed by atoms with E-state index >= 15 is 0 Å². The first kappa shape index (κ1) is 11.4. The standard InChI is InChI=1S/C11H12BrFO/c1-8-9(4-2-5-10(8)13)11(14)6-3-7-12/h2,4-5H,3,6-7H2,1H3. The number of rotatable bonds is 4. The molecule has 0 aliphatic carbocycles. The van der Waals surface area contributed by atoms with E-state index in [0.717, 1.165) is 11.8 Å². The molecule has 76 valence electrons. The second kappa shape index (κ2) is 5.25. The number of benzene rings is 1. The molecule has 0 bridgehead atoms. The molecule has 1 rings (SSSR count). The molecule has 0 unspecified atom stereocenters. The summed E-state index contributed by atoms with van der Waals surface area (Å²) in [6, 6.07) is 4.62. The topological polar surface area (TPSA) is 17.1 Å². The Balaban J connectivity index is 2.84. The zero-order chi connectivity index (χ0) is 10.6.